The van der Waals surface area contributed by atoms with Gasteiger partial charge in [0.05, 0.1) is 5.71 Å². The SMILES string of the molecule is C=C1C=CC(c2ccc(N3CC4CCCC4C3)c(C)c2)=NN1. The zero-order chi connectivity index (χ0) is 15.1. The van der Waals surface area contributed by atoms with Gasteiger partial charge in [0.2, 0.25) is 0 Å². The quantitative estimate of drug-likeness (QED) is 0.902. The van der Waals surface area contributed by atoms with Crippen molar-refractivity contribution in [2.45, 2.75) is 26.2 Å². The first kappa shape index (κ1) is 13.6. The van der Waals surface area contributed by atoms with Crippen LogP contribution in [0.2, 0.25) is 0 Å². The van der Waals surface area contributed by atoms with Gasteiger partial charge < -0.3 is 4.90 Å². The minimum Gasteiger partial charge on any atom is -0.371 e. The molecule has 0 aromatic heterocycles. The minimum absolute atomic E-state index is 0.834. The van der Waals surface area contributed by atoms with Gasteiger partial charge in [0, 0.05) is 30.0 Å². The molecule has 0 radical (unpaired) electrons. The van der Waals surface area contributed by atoms with E-state index in [0.29, 0.717) is 0 Å². The molecule has 2 atom stereocenters. The lowest BCUT2D eigenvalue weighted by Crippen LogP contribution is -2.22. The first-order valence-electron chi connectivity index (χ1n) is 8.27. The van der Waals surface area contributed by atoms with Crippen LogP contribution in [-0.4, -0.2) is 18.8 Å². The van der Waals surface area contributed by atoms with Crippen LogP contribution in [0.25, 0.3) is 0 Å². The van der Waals surface area contributed by atoms with Crippen molar-refractivity contribution in [2.75, 3.05) is 18.0 Å². The normalized spacial score (nSPS) is 26.9. The van der Waals surface area contributed by atoms with Gasteiger partial charge in [-0.2, -0.15) is 5.10 Å². The van der Waals surface area contributed by atoms with Crippen LogP contribution in [0.15, 0.2) is 47.7 Å². The summed E-state index contributed by atoms with van der Waals surface area (Å²) < 4.78 is 0. The molecule has 0 amide bonds. The van der Waals surface area contributed by atoms with Crippen molar-refractivity contribution in [1.82, 2.24) is 5.43 Å². The summed E-state index contributed by atoms with van der Waals surface area (Å²) in [5.41, 5.74) is 8.66. The summed E-state index contributed by atoms with van der Waals surface area (Å²) in [6.45, 7) is 8.54. The molecule has 1 aliphatic carbocycles. The van der Waals surface area contributed by atoms with E-state index in [1.54, 1.807) is 0 Å². The smallest absolute Gasteiger partial charge is 0.0906 e. The average Bonchev–Trinajstić information content (AvgIpc) is 3.09. The molecule has 2 aliphatic heterocycles. The largest absolute Gasteiger partial charge is 0.371 e. The summed E-state index contributed by atoms with van der Waals surface area (Å²) in [5, 5.41) is 4.36. The van der Waals surface area contributed by atoms with Crippen LogP contribution in [0.4, 0.5) is 5.69 Å². The number of anilines is 1. The first-order valence-corrected chi connectivity index (χ1v) is 8.27. The van der Waals surface area contributed by atoms with Crippen molar-refractivity contribution >= 4 is 11.4 Å². The molecular formula is C19H23N3. The summed E-state index contributed by atoms with van der Waals surface area (Å²) >= 11 is 0. The Morgan fingerprint density at radius 3 is 2.59 bits per heavy atom. The zero-order valence-electron chi connectivity index (χ0n) is 13.2. The highest BCUT2D eigenvalue weighted by molar-refractivity contribution is 6.09. The predicted octanol–water partition coefficient (Wildman–Crippen LogP) is 3.61. The predicted molar refractivity (Wildman–Crippen MR) is 92.2 cm³/mol. The number of hydrogen-bond donors (Lipinski definition) is 1. The molecule has 4 rings (SSSR count). The Kier molecular flexibility index (Phi) is 3.29. The highest BCUT2D eigenvalue weighted by Crippen LogP contribution is 2.40. The van der Waals surface area contributed by atoms with Gasteiger partial charge in [-0.25, -0.2) is 0 Å². The van der Waals surface area contributed by atoms with Crippen molar-refractivity contribution in [1.29, 1.82) is 0 Å². The third-order valence-corrected chi connectivity index (χ3v) is 5.32. The summed E-state index contributed by atoms with van der Waals surface area (Å²) in [6, 6.07) is 6.71. The number of nitrogens with one attached hydrogen (secondary N) is 1. The van der Waals surface area contributed by atoms with Gasteiger partial charge in [-0.1, -0.05) is 19.1 Å². The van der Waals surface area contributed by atoms with Gasteiger partial charge in [-0.05, 0) is 61.4 Å². The van der Waals surface area contributed by atoms with E-state index >= 15 is 0 Å². The molecule has 1 N–H and O–H groups in total. The molecule has 3 heteroatoms. The minimum atomic E-state index is 0.834. The van der Waals surface area contributed by atoms with Crippen LogP contribution in [0.3, 0.4) is 0 Å². The lowest BCUT2D eigenvalue weighted by atomic mass is 10.0. The summed E-state index contributed by atoms with van der Waals surface area (Å²) in [5.74, 6) is 1.86. The number of hydrogen-bond acceptors (Lipinski definition) is 3. The summed E-state index contributed by atoms with van der Waals surface area (Å²) in [6.07, 6.45) is 8.28. The Morgan fingerprint density at radius 1 is 1.18 bits per heavy atom. The molecule has 114 valence electrons. The fourth-order valence-electron chi connectivity index (χ4n) is 4.15. The summed E-state index contributed by atoms with van der Waals surface area (Å²) in [4.78, 5) is 2.59. The topological polar surface area (TPSA) is 27.6 Å². The maximum absolute atomic E-state index is 4.36. The molecule has 1 saturated carbocycles. The molecule has 2 unspecified atom stereocenters. The Balaban J connectivity index is 1.56. The monoisotopic (exact) mass is 293 g/mol. The highest BCUT2D eigenvalue weighted by atomic mass is 15.3. The van der Waals surface area contributed by atoms with Gasteiger partial charge >= 0.3 is 0 Å². The number of nitrogens with zero attached hydrogens (tertiary/aromatic N) is 2. The Labute approximate surface area is 132 Å². The average molecular weight is 293 g/mol. The lowest BCUT2D eigenvalue weighted by Gasteiger charge is -2.22. The van der Waals surface area contributed by atoms with E-state index in [9.17, 15) is 0 Å². The van der Waals surface area contributed by atoms with Crippen molar-refractivity contribution in [3.63, 3.8) is 0 Å². The van der Waals surface area contributed by atoms with Crippen molar-refractivity contribution < 1.29 is 0 Å². The molecule has 0 bridgehead atoms. The molecule has 2 heterocycles. The van der Waals surface area contributed by atoms with Crippen LogP contribution in [0, 0.1) is 18.8 Å². The third kappa shape index (κ3) is 2.35. The molecule has 3 aliphatic rings. The maximum atomic E-state index is 4.36. The van der Waals surface area contributed by atoms with Gasteiger partial charge in [-0.15, -0.1) is 0 Å². The number of aryl methyl sites for hydroxylation is 1. The van der Waals surface area contributed by atoms with Gasteiger partial charge in [0.25, 0.3) is 0 Å². The Hall–Kier alpha value is -2.03. The van der Waals surface area contributed by atoms with Crippen LogP contribution >= 0.6 is 0 Å². The van der Waals surface area contributed by atoms with Gasteiger partial charge in [0.15, 0.2) is 0 Å². The van der Waals surface area contributed by atoms with Crippen molar-refractivity contribution in [3.05, 3.63) is 53.8 Å². The molecule has 22 heavy (non-hydrogen) atoms. The van der Waals surface area contributed by atoms with Crippen LogP contribution in [-0.2, 0) is 0 Å². The summed E-state index contributed by atoms with van der Waals surface area (Å²) in [7, 11) is 0. The highest BCUT2D eigenvalue weighted by Gasteiger charge is 2.36. The number of benzene rings is 1. The van der Waals surface area contributed by atoms with E-state index in [1.807, 2.05) is 12.2 Å². The fraction of sp³-hybridized carbons (Fsp3) is 0.421. The van der Waals surface area contributed by atoms with Gasteiger partial charge in [0.1, 0.15) is 0 Å². The van der Waals surface area contributed by atoms with Crippen LogP contribution < -0.4 is 10.3 Å². The second-order valence-corrected chi connectivity index (χ2v) is 6.82. The zero-order valence-corrected chi connectivity index (χ0v) is 13.2. The van der Waals surface area contributed by atoms with E-state index in [4.69, 9.17) is 0 Å². The standard InChI is InChI=1S/C19H23N3/c1-13-10-15(18-8-6-14(2)20-21-18)7-9-19(13)22-11-16-4-3-5-17(16)12-22/h6-10,16-17,20H,2-5,11-12H2,1H3. The van der Waals surface area contributed by atoms with Gasteiger partial charge in [-0.3, -0.25) is 5.43 Å². The molecular weight excluding hydrogens is 270 g/mol. The number of hydrazone groups is 1. The molecule has 1 aromatic carbocycles. The molecule has 1 aromatic rings. The Morgan fingerprint density at radius 2 is 1.95 bits per heavy atom. The third-order valence-electron chi connectivity index (χ3n) is 5.32. The van der Waals surface area contributed by atoms with E-state index < -0.39 is 0 Å². The Bertz CT molecular complexity index is 659. The van der Waals surface area contributed by atoms with E-state index in [0.717, 1.165) is 28.8 Å². The lowest BCUT2D eigenvalue weighted by molar-refractivity contribution is 0.494. The number of rotatable bonds is 2. The van der Waals surface area contributed by atoms with Crippen LogP contribution in [0.5, 0.6) is 0 Å². The molecule has 0 spiro atoms. The van der Waals surface area contributed by atoms with Crippen molar-refractivity contribution in [2.24, 2.45) is 16.9 Å². The number of fused-ring (bicyclic) bond motifs is 1. The first-order chi connectivity index (χ1) is 10.7. The van der Waals surface area contributed by atoms with Crippen LogP contribution in [0.1, 0.15) is 30.4 Å². The van der Waals surface area contributed by atoms with E-state index in [2.05, 4.69) is 47.1 Å². The second kappa shape index (κ2) is 5.31. The second-order valence-electron chi connectivity index (χ2n) is 6.82. The molecule has 1 saturated heterocycles. The molecule has 3 nitrogen and oxygen atoms in total. The molecule has 2 fully saturated rings. The van der Waals surface area contributed by atoms with Crippen molar-refractivity contribution in [3.8, 4) is 0 Å². The van der Waals surface area contributed by atoms with E-state index in [1.165, 1.54) is 43.6 Å². The number of allylic oxidation sites excluding steroid dienone is 2. The maximum Gasteiger partial charge on any atom is 0.0906 e. The van der Waals surface area contributed by atoms with E-state index in [-0.39, 0.29) is 0 Å². The fourth-order valence-corrected chi connectivity index (χ4v) is 4.15.